The summed E-state index contributed by atoms with van der Waals surface area (Å²) < 4.78 is 0. The van der Waals surface area contributed by atoms with Crippen molar-refractivity contribution in [3.05, 3.63) is 59.8 Å². The number of likely N-dealkylation sites (tertiary alicyclic amines) is 1. The summed E-state index contributed by atoms with van der Waals surface area (Å²) in [7, 11) is 0. The molecule has 25 heavy (non-hydrogen) atoms. The van der Waals surface area contributed by atoms with Crippen molar-refractivity contribution < 1.29 is 0 Å². The van der Waals surface area contributed by atoms with Crippen LogP contribution in [0.1, 0.15) is 31.0 Å². The van der Waals surface area contributed by atoms with Crippen molar-refractivity contribution in [2.45, 2.75) is 32.2 Å². The second-order valence-electron chi connectivity index (χ2n) is 7.06. The van der Waals surface area contributed by atoms with Gasteiger partial charge in [-0.15, -0.1) is 0 Å². The normalized spacial score (nSPS) is 17.8. The number of rotatable bonds is 4. The second kappa shape index (κ2) is 6.74. The van der Waals surface area contributed by atoms with Gasteiger partial charge in [0.1, 0.15) is 0 Å². The third kappa shape index (κ3) is 3.31. The minimum Gasteiger partial charge on any atom is -0.358 e. The van der Waals surface area contributed by atoms with Crippen LogP contribution in [0.15, 0.2) is 48.5 Å². The Labute approximate surface area is 148 Å². The zero-order valence-electron chi connectivity index (χ0n) is 14.6. The van der Waals surface area contributed by atoms with Gasteiger partial charge in [-0.2, -0.15) is 5.26 Å². The quantitative estimate of drug-likeness (QED) is 0.751. The number of hydrogen-bond acceptors (Lipinski definition) is 2. The van der Waals surface area contributed by atoms with E-state index in [0.717, 1.165) is 24.6 Å². The standard InChI is InChI=1S/C22H23N3/c1-16-3-2-11-25(16)12-10-21-14-20-13-19(8-9-22(20)24-21)18-6-4-17(15-23)5-7-18/h4-9,13-14,16,24H,2-3,10-12H2,1H3/t16-/m1/s1. The molecule has 126 valence electrons. The molecule has 0 radical (unpaired) electrons. The summed E-state index contributed by atoms with van der Waals surface area (Å²) >= 11 is 0. The topological polar surface area (TPSA) is 42.8 Å². The molecule has 2 aromatic carbocycles. The number of hydrogen-bond donors (Lipinski definition) is 1. The molecule has 4 rings (SSSR count). The third-order valence-corrected chi connectivity index (χ3v) is 5.38. The molecule has 0 bridgehead atoms. The lowest BCUT2D eigenvalue weighted by atomic mass is 10.0. The highest BCUT2D eigenvalue weighted by Gasteiger charge is 2.19. The molecule has 3 heteroatoms. The zero-order chi connectivity index (χ0) is 17.2. The van der Waals surface area contributed by atoms with Crippen LogP contribution in [0.5, 0.6) is 0 Å². The Bertz CT molecular complexity index is 915. The van der Waals surface area contributed by atoms with Crippen LogP contribution in [0.3, 0.4) is 0 Å². The highest BCUT2D eigenvalue weighted by molar-refractivity contribution is 5.85. The lowest BCUT2D eigenvalue weighted by molar-refractivity contribution is 0.271. The Morgan fingerprint density at radius 3 is 2.64 bits per heavy atom. The predicted octanol–water partition coefficient (Wildman–Crippen LogP) is 4.73. The van der Waals surface area contributed by atoms with E-state index < -0.39 is 0 Å². The molecule has 1 aromatic heterocycles. The number of aromatic amines is 1. The van der Waals surface area contributed by atoms with Crippen molar-refractivity contribution in [3.63, 3.8) is 0 Å². The zero-order valence-corrected chi connectivity index (χ0v) is 14.6. The van der Waals surface area contributed by atoms with Gasteiger partial charge >= 0.3 is 0 Å². The van der Waals surface area contributed by atoms with Crippen LogP contribution in [0.25, 0.3) is 22.0 Å². The fraction of sp³-hybridized carbons (Fsp3) is 0.318. The maximum absolute atomic E-state index is 8.93. The van der Waals surface area contributed by atoms with E-state index in [2.05, 4.69) is 47.1 Å². The molecule has 0 saturated carbocycles. The first-order chi connectivity index (χ1) is 12.2. The van der Waals surface area contributed by atoms with Crippen LogP contribution in [-0.4, -0.2) is 29.0 Å². The van der Waals surface area contributed by atoms with Gasteiger partial charge in [0.25, 0.3) is 0 Å². The molecule has 0 unspecified atom stereocenters. The highest BCUT2D eigenvalue weighted by atomic mass is 15.2. The van der Waals surface area contributed by atoms with E-state index in [0.29, 0.717) is 5.56 Å². The maximum Gasteiger partial charge on any atom is 0.0991 e. The lowest BCUT2D eigenvalue weighted by Crippen LogP contribution is -2.29. The number of benzene rings is 2. The van der Waals surface area contributed by atoms with E-state index in [1.165, 1.54) is 41.5 Å². The van der Waals surface area contributed by atoms with Gasteiger partial charge in [-0.3, -0.25) is 0 Å². The first-order valence-corrected chi connectivity index (χ1v) is 9.09. The van der Waals surface area contributed by atoms with Gasteiger partial charge in [-0.1, -0.05) is 18.2 Å². The Balaban J connectivity index is 1.53. The van der Waals surface area contributed by atoms with Gasteiger partial charge in [0.2, 0.25) is 0 Å². The Hall–Kier alpha value is -2.57. The number of nitrogens with zero attached hydrogens (tertiary/aromatic N) is 2. The molecule has 3 aromatic rings. The third-order valence-electron chi connectivity index (χ3n) is 5.38. The summed E-state index contributed by atoms with van der Waals surface area (Å²) in [6.07, 6.45) is 3.74. The van der Waals surface area contributed by atoms with E-state index in [1.54, 1.807) is 0 Å². The van der Waals surface area contributed by atoms with Gasteiger partial charge in [0.15, 0.2) is 0 Å². The highest BCUT2D eigenvalue weighted by Crippen LogP contribution is 2.26. The Morgan fingerprint density at radius 1 is 1.12 bits per heavy atom. The van der Waals surface area contributed by atoms with E-state index in [4.69, 9.17) is 5.26 Å². The van der Waals surface area contributed by atoms with Gasteiger partial charge in [-0.05, 0) is 67.8 Å². The average Bonchev–Trinajstić information content (AvgIpc) is 3.24. The molecule has 1 aliphatic heterocycles. The summed E-state index contributed by atoms with van der Waals surface area (Å²) in [6, 6.07) is 19.5. The molecular formula is C22H23N3. The van der Waals surface area contributed by atoms with Crippen molar-refractivity contribution in [1.29, 1.82) is 5.26 Å². The van der Waals surface area contributed by atoms with Crippen molar-refractivity contribution in [1.82, 2.24) is 9.88 Å². The molecule has 2 heterocycles. The largest absolute Gasteiger partial charge is 0.358 e. The predicted molar refractivity (Wildman–Crippen MR) is 102 cm³/mol. The second-order valence-corrected chi connectivity index (χ2v) is 7.06. The summed E-state index contributed by atoms with van der Waals surface area (Å²) in [5.41, 5.74) is 5.54. The molecule has 3 nitrogen and oxygen atoms in total. The van der Waals surface area contributed by atoms with E-state index in [1.807, 2.05) is 24.3 Å². The number of H-pyrrole nitrogens is 1. The number of nitrogens with one attached hydrogen (secondary N) is 1. The molecule has 0 spiro atoms. The smallest absolute Gasteiger partial charge is 0.0991 e. The summed E-state index contributed by atoms with van der Waals surface area (Å²) in [5.74, 6) is 0. The SMILES string of the molecule is C[C@@H]1CCCN1CCc1cc2cc(-c3ccc(C#N)cc3)ccc2[nH]1. The van der Waals surface area contributed by atoms with Gasteiger partial charge in [0, 0.05) is 35.6 Å². The fourth-order valence-corrected chi connectivity index (χ4v) is 3.83. The van der Waals surface area contributed by atoms with Gasteiger partial charge < -0.3 is 9.88 Å². The van der Waals surface area contributed by atoms with E-state index >= 15 is 0 Å². The minimum atomic E-state index is 0.699. The van der Waals surface area contributed by atoms with E-state index in [-0.39, 0.29) is 0 Å². The molecular weight excluding hydrogens is 306 g/mol. The van der Waals surface area contributed by atoms with E-state index in [9.17, 15) is 0 Å². The number of aromatic nitrogens is 1. The first-order valence-electron chi connectivity index (χ1n) is 9.09. The number of nitriles is 1. The number of fused-ring (bicyclic) bond motifs is 1. The molecule has 1 fully saturated rings. The first kappa shape index (κ1) is 15.9. The summed E-state index contributed by atoms with van der Waals surface area (Å²) in [6.45, 7) is 4.71. The molecule has 1 N–H and O–H groups in total. The monoisotopic (exact) mass is 329 g/mol. The van der Waals surface area contributed by atoms with Crippen LogP contribution in [0.2, 0.25) is 0 Å². The molecule has 1 aliphatic rings. The van der Waals surface area contributed by atoms with Crippen molar-refractivity contribution in [2.75, 3.05) is 13.1 Å². The molecule has 0 aliphatic carbocycles. The van der Waals surface area contributed by atoms with Crippen molar-refractivity contribution in [2.24, 2.45) is 0 Å². The Kier molecular flexibility index (Phi) is 4.29. The van der Waals surface area contributed by atoms with Gasteiger partial charge in [-0.25, -0.2) is 0 Å². The average molecular weight is 329 g/mol. The van der Waals surface area contributed by atoms with Crippen LogP contribution in [0, 0.1) is 11.3 Å². The summed E-state index contributed by atoms with van der Waals surface area (Å²) in [4.78, 5) is 6.15. The minimum absolute atomic E-state index is 0.699. The van der Waals surface area contributed by atoms with Crippen molar-refractivity contribution >= 4 is 10.9 Å². The van der Waals surface area contributed by atoms with Gasteiger partial charge in [0.05, 0.1) is 11.6 Å². The summed E-state index contributed by atoms with van der Waals surface area (Å²) in [5, 5.41) is 10.2. The molecule has 1 saturated heterocycles. The lowest BCUT2D eigenvalue weighted by Gasteiger charge is -2.20. The Morgan fingerprint density at radius 2 is 1.92 bits per heavy atom. The van der Waals surface area contributed by atoms with Crippen LogP contribution in [-0.2, 0) is 6.42 Å². The molecule has 0 amide bonds. The maximum atomic E-state index is 8.93. The van der Waals surface area contributed by atoms with Crippen molar-refractivity contribution in [3.8, 4) is 17.2 Å². The van der Waals surface area contributed by atoms with Crippen LogP contribution in [0.4, 0.5) is 0 Å². The fourth-order valence-electron chi connectivity index (χ4n) is 3.83. The van der Waals surface area contributed by atoms with Crippen LogP contribution >= 0.6 is 0 Å². The molecule has 1 atom stereocenters. The van der Waals surface area contributed by atoms with Crippen LogP contribution < -0.4 is 0 Å².